The number of carbonyl (C=O) groups excluding carboxylic acids is 1. The van der Waals surface area contributed by atoms with E-state index in [1.54, 1.807) is 6.07 Å². The predicted molar refractivity (Wildman–Crippen MR) is 77.9 cm³/mol. The number of phenolic OH excluding ortho intramolecular Hbond substituents is 1. The van der Waals surface area contributed by atoms with Gasteiger partial charge in [0.05, 0.1) is 0 Å². The van der Waals surface area contributed by atoms with Gasteiger partial charge in [0.2, 0.25) is 0 Å². The molecule has 3 N–H and O–H groups in total. The van der Waals surface area contributed by atoms with E-state index in [-0.39, 0.29) is 5.91 Å². The highest BCUT2D eigenvalue weighted by molar-refractivity contribution is 6.05. The minimum absolute atomic E-state index is 0.265. The predicted octanol–water partition coefficient (Wildman–Crippen LogP) is 2.43. The van der Waals surface area contributed by atoms with Crippen LogP contribution in [0.4, 0.5) is 10.1 Å². The van der Waals surface area contributed by atoms with Gasteiger partial charge in [0.15, 0.2) is 11.6 Å². The van der Waals surface area contributed by atoms with E-state index in [1.165, 1.54) is 12.1 Å². The summed E-state index contributed by atoms with van der Waals surface area (Å²) in [6, 6.07) is 9.40. The number of rotatable bonds is 2. The van der Waals surface area contributed by atoms with Gasteiger partial charge < -0.3 is 15.7 Å². The number of fused-ring (bicyclic) bond motifs is 1. The van der Waals surface area contributed by atoms with Gasteiger partial charge >= 0.3 is 0 Å². The van der Waals surface area contributed by atoms with Gasteiger partial charge in [-0.1, -0.05) is 12.1 Å². The minimum atomic E-state index is -0.757. The number of benzene rings is 2. The molecule has 0 saturated heterocycles. The normalized spacial score (nSPS) is 13.6. The second kappa shape index (κ2) is 5.54. The molecule has 0 aromatic heterocycles. The van der Waals surface area contributed by atoms with E-state index in [2.05, 4.69) is 10.6 Å². The molecule has 0 aliphatic carbocycles. The van der Waals surface area contributed by atoms with Crippen LogP contribution >= 0.6 is 0 Å². The van der Waals surface area contributed by atoms with E-state index >= 15 is 0 Å². The topological polar surface area (TPSA) is 61.4 Å². The summed E-state index contributed by atoms with van der Waals surface area (Å²) < 4.78 is 13.3. The van der Waals surface area contributed by atoms with E-state index in [9.17, 15) is 9.18 Å². The van der Waals surface area contributed by atoms with Crippen LogP contribution in [-0.4, -0.2) is 17.6 Å². The molecular formula is C16H15FN2O2. The lowest BCUT2D eigenvalue weighted by atomic mass is 9.95. The number of nitrogens with one attached hydrogen (secondary N) is 2. The van der Waals surface area contributed by atoms with Crippen molar-refractivity contribution in [2.45, 2.75) is 13.0 Å². The third-order valence-electron chi connectivity index (χ3n) is 3.59. The quantitative estimate of drug-likeness (QED) is 0.743. The Bertz CT molecular complexity index is 701. The lowest BCUT2D eigenvalue weighted by Gasteiger charge is -2.20. The van der Waals surface area contributed by atoms with E-state index in [0.717, 1.165) is 36.7 Å². The lowest BCUT2D eigenvalue weighted by Crippen LogP contribution is -2.26. The van der Waals surface area contributed by atoms with Crippen LogP contribution in [0.1, 0.15) is 21.5 Å². The molecule has 21 heavy (non-hydrogen) atoms. The first kappa shape index (κ1) is 13.6. The van der Waals surface area contributed by atoms with Crippen molar-refractivity contribution in [1.29, 1.82) is 0 Å². The highest BCUT2D eigenvalue weighted by Gasteiger charge is 2.17. The van der Waals surface area contributed by atoms with E-state index in [0.29, 0.717) is 11.3 Å². The van der Waals surface area contributed by atoms with Crippen molar-refractivity contribution in [1.82, 2.24) is 5.32 Å². The van der Waals surface area contributed by atoms with Gasteiger partial charge in [-0.05, 0) is 42.3 Å². The first-order valence-corrected chi connectivity index (χ1v) is 6.76. The van der Waals surface area contributed by atoms with Gasteiger partial charge in [0.25, 0.3) is 5.91 Å². The number of hydrogen-bond acceptors (Lipinski definition) is 3. The number of anilines is 1. The third kappa shape index (κ3) is 2.73. The SMILES string of the molecule is O=C(Nc1ccc(O)c(F)c1)c1cccc2c1CCNC2. The fourth-order valence-corrected chi connectivity index (χ4v) is 2.53. The maximum atomic E-state index is 13.3. The Labute approximate surface area is 121 Å². The van der Waals surface area contributed by atoms with Crippen LogP contribution in [0.2, 0.25) is 0 Å². The summed E-state index contributed by atoms with van der Waals surface area (Å²) in [5, 5.41) is 15.1. The van der Waals surface area contributed by atoms with E-state index in [4.69, 9.17) is 5.11 Å². The van der Waals surface area contributed by atoms with Crippen LogP contribution < -0.4 is 10.6 Å². The number of aromatic hydroxyl groups is 1. The van der Waals surface area contributed by atoms with Crippen molar-refractivity contribution in [3.63, 3.8) is 0 Å². The first-order chi connectivity index (χ1) is 10.1. The maximum Gasteiger partial charge on any atom is 0.255 e. The second-order valence-electron chi connectivity index (χ2n) is 4.99. The molecule has 3 rings (SSSR count). The molecule has 0 bridgehead atoms. The summed E-state index contributed by atoms with van der Waals surface area (Å²) in [7, 11) is 0. The lowest BCUT2D eigenvalue weighted by molar-refractivity contribution is 0.102. The van der Waals surface area contributed by atoms with Gasteiger partial charge in [-0.3, -0.25) is 4.79 Å². The second-order valence-corrected chi connectivity index (χ2v) is 4.99. The molecule has 0 fully saturated rings. The Morgan fingerprint density at radius 3 is 2.95 bits per heavy atom. The summed E-state index contributed by atoms with van der Waals surface area (Å²) in [4.78, 5) is 12.4. The van der Waals surface area contributed by atoms with Gasteiger partial charge in [0.1, 0.15) is 0 Å². The highest BCUT2D eigenvalue weighted by atomic mass is 19.1. The van der Waals surface area contributed by atoms with E-state index in [1.807, 2.05) is 12.1 Å². The highest BCUT2D eigenvalue weighted by Crippen LogP contribution is 2.22. The molecule has 1 amide bonds. The van der Waals surface area contributed by atoms with Gasteiger partial charge in [-0.15, -0.1) is 0 Å². The largest absolute Gasteiger partial charge is 0.505 e. The molecule has 108 valence electrons. The number of hydrogen-bond donors (Lipinski definition) is 3. The third-order valence-corrected chi connectivity index (χ3v) is 3.59. The Morgan fingerprint density at radius 2 is 2.14 bits per heavy atom. The van der Waals surface area contributed by atoms with Crippen LogP contribution in [0.25, 0.3) is 0 Å². The summed E-state index contributed by atoms with van der Waals surface area (Å²) >= 11 is 0. The van der Waals surface area contributed by atoms with Crippen molar-refractivity contribution >= 4 is 11.6 Å². The first-order valence-electron chi connectivity index (χ1n) is 6.76. The van der Waals surface area contributed by atoms with Gasteiger partial charge in [-0.25, -0.2) is 4.39 Å². The number of phenols is 1. The zero-order valence-electron chi connectivity index (χ0n) is 11.3. The van der Waals surface area contributed by atoms with Crippen molar-refractivity contribution in [3.8, 4) is 5.75 Å². The Balaban J connectivity index is 1.87. The van der Waals surface area contributed by atoms with Crippen LogP contribution in [0.5, 0.6) is 5.75 Å². The van der Waals surface area contributed by atoms with Gasteiger partial charge in [0, 0.05) is 23.9 Å². The maximum absolute atomic E-state index is 13.3. The summed E-state index contributed by atoms with van der Waals surface area (Å²) in [5.74, 6) is -1.46. The minimum Gasteiger partial charge on any atom is -0.505 e. The zero-order valence-corrected chi connectivity index (χ0v) is 11.3. The fraction of sp³-hybridized carbons (Fsp3) is 0.188. The van der Waals surface area contributed by atoms with Crippen molar-refractivity contribution < 1.29 is 14.3 Å². The Hall–Kier alpha value is -2.40. The van der Waals surface area contributed by atoms with Crippen LogP contribution in [0, 0.1) is 5.82 Å². The van der Waals surface area contributed by atoms with Crippen molar-refractivity contribution in [3.05, 3.63) is 58.9 Å². The molecule has 1 aliphatic heterocycles. The Kier molecular flexibility index (Phi) is 3.58. The summed E-state index contributed by atoms with van der Waals surface area (Å²) in [6.07, 6.45) is 0.795. The monoisotopic (exact) mass is 286 g/mol. The molecule has 5 heteroatoms. The summed E-state index contributed by atoms with van der Waals surface area (Å²) in [6.45, 7) is 1.59. The molecule has 2 aromatic carbocycles. The molecule has 0 spiro atoms. The van der Waals surface area contributed by atoms with Crippen molar-refractivity contribution in [2.75, 3.05) is 11.9 Å². The molecular weight excluding hydrogens is 271 g/mol. The smallest absolute Gasteiger partial charge is 0.255 e. The zero-order chi connectivity index (χ0) is 14.8. The average Bonchev–Trinajstić information content (AvgIpc) is 2.50. The Morgan fingerprint density at radius 1 is 1.29 bits per heavy atom. The molecule has 0 atom stereocenters. The van der Waals surface area contributed by atoms with E-state index < -0.39 is 11.6 Å². The standard InChI is InChI=1S/C16H15FN2O2/c17-14-8-11(4-5-15(14)20)19-16(21)13-3-1-2-10-9-18-7-6-12(10)13/h1-5,8,18,20H,6-7,9H2,(H,19,21). The van der Waals surface area contributed by atoms with Crippen LogP contribution in [0.15, 0.2) is 36.4 Å². The van der Waals surface area contributed by atoms with Crippen molar-refractivity contribution in [2.24, 2.45) is 0 Å². The molecule has 1 heterocycles. The molecule has 0 saturated carbocycles. The summed E-state index contributed by atoms with van der Waals surface area (Å²) in [5.41, 5.74) is 3.09. The number of amides is 1. The number of halogens is 1. The molecule has 2 aromatic rings. The van der Waals surface area contributed by atoms with Crippen LogP contribution in [-0.2, 0) is 13.0 Å². The fourth-order valence-electron chi connectivity index (χ4n) is 2.53. The van der Waals surface area contributed by atoms with Gasteiger partial charge in [-0.2, -0.15) is 0 Å². The molecule has 0 radical (unpaired) electrons. The average molecular weight is 286 g/mol. The molecule has 0 unspecified atom stereocenters. The van der Waals surface area contributed by atoms with Crippen LogP contribution in [0.3, 0.4) is 0 Å². The molecule has 1 aliphatic rings. The molecule has 4 nitrogen and oxygen atoms in total. The number of carbonyl (C=O) groups is 1.